The molecule has 7 heteroatoms. The van der Waals surface area contributed by atoms with Crippen LogP contribution in [0.3, 0.4) is 0 Å². The van der Waals surface area contributed by atoms with Gasteiger partial charge in [-0.05, 0) is 0 Å². The third kappa shape index (κ3) is 25.6. The summed E-state index contributed by atoms with van der Waals surface area (Å²) in [5, 5.41) is 5.16. The second-order valence-electron chi connectivity index (χ2n) is 1.17. The molecule has 0 saturated carbocycles. The largest absolute Gasteiger partial charge is 4.00 e. The molecule has 1 heterocycles. The predicted octanol–water partition coefficient (Wildman–Crippen LogP) is -7.37. The van der Waals surface area contributed by atoms with Crippen molar-refractivity contribution >= 4 is 83.3 Å². The van der Waals surface area contributed by atoms with Gasteiger partial charge in [-0.1, -0.05) is 0 Å². The first-order valence-electron chi connectivity index (χ1n) is 2.49. The van der Waals surface area contributed by atoms with Gasteiger partial charge in [0, 0.05) is 0 Å². The summed E-state index contributed by atoms with van der Waals surface area (Å²) in [6.07, 6.45) is 0. The van der Waals surface area contributed by atoms with Crippen molar-refractivity contribution in [2.75, 3.05) is 0 Å². The molecule has 13 heavy (non-hydrogen) atoms. The van der Waals surface area contributed by atoms with E-state index < -0.39 is 0 Å². The molecule has 0 nitrogen and oxygen atoms in total. The van der Waals surface area contributed by atoms with E-state index in [0.29, 0.717) is 15.3 Å². The summed E-state index contributed by atoms with van der Waals surface area (Å²) in [4.78, 5) is 4.33. The van der Waals surface area contributed by atoms with Gasteiger partial charge in [-0.2, -0.15) is 0 Å². The Morgan fingerprint density at radius 3 is 2.23 bits per heavy atom. The van der Waals surface area contributed by atoms with Crippen molar-refractivity contribution in [2.24, 2.45) is 0 Å². The van der Waals surface area contributed by atoms with E-state index in [-0.39, 0.29) is 87.9 Å². The van der Waals surface area contributed by atoms with Crippen molar-refractivity contribution in [1.82, 2.24) is 0 Å². The van der Waals surface area contributed by atoms with Crippen LogP contribution in [0.1, 0.15) is 0 Å². The molecule has 1 aliphatic rings. The Hall–Kier alpha value is 3.44. The van der Waals surface area contributed by atoms with Gasteiger partial charge < -0.3 is 24.8 Å². The van der Waals surface area contributed by atoms with Crippen molar-refractivity contribution in [3.05, 3.63) is 17.8 Å². The van der Waals surface area contributed by atoms with Crippen LogP contribution in [0.2, 0.25) is 0 Å². The van der Waals surface area contributed by atoms with Gasteiger partial charge in [0.2, 0.25) is 0 Å². The molecule has 0 spiro atoms. The number of rotatable bonds is 1. The molecule has 0 aromatic heterocycles. The van der Waals surface area contributed by atoms with Gasteiger partial charge in [0.15, 0.2) is 0 Å². The Labute approximate surface area is 149 Å². The zero-order chi connectivity index (χ0) is 7.66. The summed E-state index contributed by atoms with van der Waals surface area (Å²) in [6.45, 7) is 0. The van der Waals surface area contributed by atoms with Crippen LogP contribution in [0.15, 0.2) is 17.8 Å². The molecule has 0 bridgehead atoms. The first kappa shape index (κ1) is 25.3. The van der Waals surface area contributed by atoms with Crippen LogP contribution in [0, 0.1) is 0 Å². The molecule has 0 N–H and O–H groups in total. The van der Waals surface area contributed by atoms with Gasteiger partial charge in [0.25, 0.3) is 0 Å². The van der Waals surface area contributed by atoms with Crippen molar-refractivity contribution in [3.8, 4) is 0 Å². The number of halogens is 2. The zero-order valence-corrected chi connectivity index (χ0v) is 20.0. The van der Waals surface area contributed by atoms with Gasteiger partial charge in [0.1, 0.15) is 0 Å². The molecule has 0 fully saturated rings. The standard InChI is InChI=1S/C3H3As.C3H2As.2ClH.2Sb.Zr.2H/c2*1-3-4-2;;;;;;;/h1-3H;1,3H;2*1H;;;;;/q2*-1;;;;;+4;;/p-2. The fourth-order valence-corrected chi connectivity index (χ4v) is 8.00. The average Bonchev–Trinajstić information content (AvgIpc) is 2.44. The summed E-state index contributed by atoms with van der Waals surface area (Å²) in [6, 6.07) is 0. The normalized spacial score (nSPS) is 12.1. The van der Waals surface area contributed by atoms with Crippen molar-refractivity contribution < 1.29 is 51.0 Å². The first-order valence-corrected chi connectivity index (χ1v) is 11.4. The van der Waals surface area contributed by atoms with E-state index in [1.165, 1.54) is 23.0 Å². The Bertz CT molecular complexity index is 161. The molecule has 0 aromatic carbocycles. The van der Waals surface area contributed by atoms with Gasteiger partial charge >= 0.3 is 127 Å². The summed E-state index contributed by atoms with van der Waals surface area (Å²) in [7, 11) is 0. The SMILES string of the molecule is [C-]1=[As]C=[CH][SbH]1.[CH-]=[As]C=[CH][SbH].[Cl-].[Cl-].[Zr+4]. The smallest absolute Gasteiger partial charge is 1.00 e. The fourth-order valence-electron chi connectivity index (χ4n) is 0.229. The molecular formula is C6H7As2Cl2Sb2Zr. The molecule has 0 unspecified atom stereocenters. The Kier molecular flexibility index (Phi) is 47.9. The molecule has 0 aliphatic carbocycles. The molecule has 1 radical (unpaired) electrons. The molecule has 69 valence electrons. The Morgan fingerprint density at radius 2 is 2.15 bits per heavy atom. The molecule has 0 atom stereocenters. The van der Waals surface area contributed by atoms with Crippen LogP contribution in [0.25, 0.3) is 0 Å². The Morgan fingerprint density at radius 1 is 1.54 bits per heavy atom. The minimum atomic E-state index is -0.0600. The maximum absolute atomic E-state index is 5.16. The molecule has 1 rings (SSSR count). The summed E-state index contributed by atoms with van der Waals surface area (Å²) in [5.74, 6) is 0. The quantitative estimate of drug-likeness (QED) is 0.199. The van der Waals surface area contributed by atoms with Gasteiger partial charge in [-0.25, -0.2) is 0 Å². The topological polar surface area (TPSA) is 0 Å². The minimum Gasteiger partial charge on any atom is -1.00 e. The number of hydrogen-bond donors (Lipinski definition) is 0. The van der Waals surface area contributed by atoms with Gasteiger partial charge in [-0.3, -0.25) is 0 Å². The Balaban J connectivity index is -0.0000000506. The maximum Gasteiger partial charge on any atom is 4.00 e. The van der Waals surface area contributed by atoms with Crippen molar-refractivity contribution in [2.45, 2.75) is 0 Å². The van der Waals surface area contributed by atoms with Crippen molar-refractivity contribution in [3.63, 3.8) is 0 Å². The fraction of sp³-hybridized carbons (Fsp3) is 0. The van der Waals surface area contributed by atoms with E-state index in [1.54, 1.807) is 0 Å². The van der Waals surface area contributed by atoms with Gasteiger partial charge in [-0.15, -0.1) is 0 Å². The van der Waals surface area contributed by atoms with Crippen LogP contribution >= 0.6 is 0 Å². The summed E-state index contributed by atoms with van der Waals surface area (Å²) >= 11 is 1.95. The third-order valence-corrected chi connectivity index (χ3v) is 11.1. The van der Waals surface area contributed by atoms with E-state index in [1.807, 2.05) is 4.86 Å². The van der Waals surface area contributed by atoms with E-state index in [4.69, 9.17) is 5.31 Å². The van der Waals surface area contributed by atoms with Crippen LogP contribution in [-0.4, -0.2) is 83.3 Å². The molecule has 1 aliphatic heterocycles. The van der Waals surface area contributed by atoms with Gasteiger partial charge in [0.05, 0.1) is 0 Å². The molecule has 0 aromatic rings. The van der Waals surface area contributed by atoms with Crippen LogP contribution in [-0.2, 0) is 26.2 Å². The van der Waals surface area contributed by atoms with E-state index >= 15 is 0 Å². The van der Waals surface area contributed by atoms with Crippen LogP contribution < -0.4 is 24.8 Å². The summed E-state index contributed by atoms with van der Waals surface area (Å²) in [5.41, 5.74) is 0. The minimum absolute atomic E-state index is 0. The third-order valence-electron chi connectivity index (χ3n) is 0.522. The molecule has 0 amide bonds. The number of hydrogen-bond acceptors (Lipinski definition) is 0. The molecular weight excluding hydrogens is 628 g/mol. The second-order valence-corrected chi connectivity index (χ2v) is 10.1. The van der Waals surface area contributed by atoms with Crippen LogP contribution in [0.4, 0.5) is 0 Å². The van der Waals surface area contributed by atoms with E-state index in [2.05, 4.69) is 15.7 Å². The molecule has 0 saturated heterocycles. The maximum atomic E-state index is 5.16. The van der Waals surface area contributed by atoms with E-state index in [0.717, 1.165) is 0 Å². The van der Waals surface area contributed by atoms with Crippen LogP contribution in [0.5, 0.6) is 0 Å². The average molecular weight is 635 g/mol. The first-order chi connectivity index (χ1) is 4.91. The second kappa shape index (κ2) is 24.6. The van der Waals surface area contributed by atoms with E-state index in [9.17, 15) is 0 Å². The van der Waals surface area contributed by atoms with Crippen molar-refractivity contribution in [1.29, 1.82) is 0 Å². The monoisotopic (exact) mass is 631 g/mol. The zero-order valence-electron chi connectivity index (χ0n) is 6.54. The predicted molar refractivity (Wildman–Crippen MR) is 55.2 cm³/mol. The summed E-state index contributed by atoms with van der Waals surface area (Å²) < 4.78 is 7.77.